The van der Waals surface area contributed by atoms with Crippen LogP contribution >= 0.6 is 0 Å². The number of anilines is 1. The summed E-state index contributed by atoms with van der Waals surface area (Å²) in [6.07, 6.45) is 0. The van der Waals surface area contributed by atoms with Gasteiger partial charge in [0.2, 0.25) is 0 Å². The number of esters is 1. The summed E-state index contributed by atoms with van der Waals surface area (Å²) in [5.74, 6) is -0.648. The Labute approximate surface area is 155 Å². The van der Waals surface area contributed by atoms with Crippen molar-refractivity contribution in [3.8, 4) is 11.5 Å². The van der Waals surface area contributed by atoms with E-state index in [2.05, 4.69) is 5.32 Å². The number of ether oxygens (including phenoxy) is 3. The molecule has 1 N–H and O–H groups in total. The lowest BCUT2D eigenvalue weighted by Gasteiger charge is -2.11. The predicted octanol–water partition coefficient (Wildman–Crippen LogP) is 2.72. The lowest BCUT2D eigenvalue weighted by Crippen LogP contribution is -2.21. The van der Waals surface area contributed by atoms with Crippen LogP contribution in [0.4, 0.5) is 11.4 Å². The molecule has 9 nitrogen and oxygen atoms in total. The number of rotatable bonds is 7. The van der Waals surface area contributed by atoms with Gasteiger partial charge in [0.1, 0.15) is 5.75 Å². The lowest BCUT2D eigenvalue weighted by molar-refractivity contribution is -0.385. The van der Waals surface area contributed by atoms with Gasteiger partial charge in [-0.25, -0.2) is 4.79 Å². The van der Waals surface area contributed by atoms with Crippen LogP contribution in [0.25, 0.3) is 0 Å². The average Bonchev–Trinajstić information content (AvgIpc) is 2.67. The Morgan fingerprint density at radius 1 is 1.11 bits per heavy atom. The zero-order chi connectivity index (χ0) is 20.0. The highest BCUT2D eigenvalue weighted by Gasteiger charge is 2.19. The standard InChI is InChI=1S/C18H18N2O7/c1-11-8-15(20(23)24)16(26-3)9-14(11)19-17(21)10-27-18(22)12-4-6-13(25-2)7-5-12/h4-9H,10H2,1-3H3,(H,19,21). The van der Waals surface area contributed by atoms with Crippen LogP contribution in [0.5, 0.6) is 11.5 Å². The van der Waals surface area contributed by atoms with Crippen LogP contribution in [0.2, 0.25) is 0 Å². The maximum absolute atomic E-state index is 12.0. The fourth-order valence-corrected chi connectivity index (χ4v) is 2.24. The minimum absolute atomic E-state index is 0.0103. The fourth-order valence-electron chi connectivity index (χ4n) is 2.24. The first-order chi connectivity index (χ1) is 12.8. The molecule has 0 bridgehead atoms. The highest BCUT2D eigenvalue weighted by molar-refractivity contribution is 5.96. The van der Waals surface area contributed by atoms with E-state index in [9.17, 15) is 19.7 Å². The first-order valence-corrected chi connectivity index (χ1v) is 7.79. The van der Waals surface area contributed by atoms with Crippen LogP contribution in [0.1, 0.15) is 15.9 Å². The monoisotopic (exact) mass is 374 g/mol. The van der Waals surface area contributed by atoms with E-state index in [1.54, 1.807) is 19.1 Å². The number of carbonyl (C=O) groups is 2. The maximum atomic E-state index is 12.0. The number of amides is 1. The zero-order valence-electron chi connectivity index (χ0n) is 15.0. The number of nitro groups is 1. The molecule has 0 spiro atoms. The van der Waals surface area contributed by atoms with E-state index in [1.807, 2.05) is 0 Å². The van der Waals surface area contributed by atoms with Crippen LogP contribution in [0.3, 0.4) is 0 Å². The fraction of sp³-hybridized carbons (Fsp3) is 0.222. The Morgan fingerprint density at radius 3 is 2.33 bits per heavy atom. The Bertz CT molecular complexity index is 863. The molecule has 0 atom stereocenters. The normalized spacial score (nSPS) is 10.0. The van der Waals surface area contributed by atoms with Gasteiger partial charge in [-0.3, -0.25) is 14.9 Å². The molecule has 2 rings (SSSR count). The van der Waals surface area contributed by atoms with Crippen LogP contribution in [0.15, 0.2) is 36.4 Å². The Morgan fingerprint density at radius 2 is 1.78 bits per heavy atom. The molecule has 0 aromatic heterocycles. The molecule has 0 heterocycles. The van der Waals surface area contributed by atoms with Gasteiger partial charge in [0, 0.05) is 17.8 Å². The van der Waals surface area contributed by atoms with Crippen molar-refractivity contribution in [3.05, 3.63) is 57.6 Å². The molecule has 0 radical (unpaired) electrons. The van der Waals surface area contributed by atoms with Crippen molar-refractivity contribution in [2.75, 3.05) is 26.1 Å². The number of benzene rings is 2. The SMILES string of the molecule is COc1ccc(C(=O)OCC(=O)Nc2cc(OC)c([N+](=O)[O-])cc2C)cc1. The molecule has 0 saturated heterocycles. The van der Waals surface area contributed by atoms with Crippen molar-refractivity contribution in [1.82, 2.24) is 0 Å². The molecule has 2 aromatic rings. The van der Waals surface area contributed by atoms with Crippen molar-refractivity contribution in [1.29, 1.82) is 0 Å². The second-order valence-electron chi connectivity index (χ2n) is 5.45. The van der Waals surface area contributed by atoms with Gasteiger partial charge in [0.15, 0.2) is 12.4 Å². The Balaban J connectivity index is 2.00. The van der Waals surface area contributed by atoms with Crippen molar-refractivity contribution in [2.24, 2.45) is 0 Å². The maximum Gasteiger partial charge on any atom is 0.338 e. The molecular weight excluding hydrogens is 356 g/mol. The highest BCUT2D eigenvalue weighted by Crippen LogP contribution is 2.32. The van der Waals surface area contributed by atoms with E-state index < -0.39 is 23.4 Å². The molecule has 1 amide bonds. The molecule has 27 heavy (non-hydrogen) atoms. The zero-order valence-corrected chi connectivity index (χ0v) is 15.0. The van der Waals surface area contributed by atoms with E-state index in [4.69, 9.17) is 14.2 Å². The van der Waals surface area contributed by atoms with Crippen molar-refractivity contribution in [3.63, 3.8) is 0 Å². The summed E-state index contributed by atoms with van der Waals surface area (Å²) >= 11 is 0. The van der Waals surface area contributed by atoms with Gasteiger partial charge in [-0.2, -0.15) is 0 Å². The summed E-state index contributed by atoms with van der Waals surface area (Å²) < 4.78 is 14.9. The lowest BCUT2D eigenvalue weighted by atomic mass is 10.1. The number of hydrogen-bond donors (Lipinski definition) is 1. The summed E-state index contributed by atoms with van der Waals surface area (Å²) in [5.41, 5.74) is 0.857. The molecule has 0 unspecified atom stereocenters. The van der Waals surface area contributed by atoms with Crippen LogP contribution < -0.4 is 14.8 Å². The molecule has 9 heteroatoms. The molecule has 0 fully saturated rings. The quantitative estimate of drug-likeness (QED) is 0.450. The summed E-state index contributed by atoms with van der Waals surface area (Å²) in [5, 5.41) is 13.5. The minimum Gasteiger partial charge on any atom is -0.497 e. The number of nitro benzene ring substituents is 1. The van der Waals surface area contributed by atoms with Crippen molar-refractivity contribution >= 4 is 23.3 Å². The van der Waals surface area contributed by atoms with Gasteiger partial charge in [0.05, 0.1) is 24.7 Å². The summed E-state index contributed by atoms with van der Waals surface area (Å²) in [6.45, 7) is 1.09. The van der Waals surface area contributed by atoms with Crippen LogP contribution in [0, 0.1) is 17.0 Å². The number of aryl methyl sites for hydroxylation is 1. The van der Waals surface area contributed by atoms with Gasteiger partial charge >= 0.3 is 11.7 Å². The number of nitrogens with zero attached hydrogens (tertiary/aromatic N) is 1. The first-order valence-electron chi connectivity index (χ1n) is 7.79. The van der Waals surface area contributed by atoms with E-state index in [0.717, 1.165) is 0 Å². The van der Waals surface area contributed by atoms with Crippen LogP contribution in [-0.2, 0) is 9.53 Å². The van der Waals surface area contributed by atoms with E-state index in [0.29, 0.717) is 17.0 Å². The second-order valence-corrected chi connectivity index (χ2v) is 5.45. The Kier molecular flexibility index (Phi) is 6.32. The number of carbonyl (C=O) groups excluding carboxylic acids is 2. The number of methoxy groups -OCH3 is 2. The van der Waals surface area contributed by atoms with Gasteiger partial charge in [0.25, 0.3) is 5.91 Å². The third-order valence-corrected chi connectivity index (χ3v) is 3.66. The van der Waals surface area contributed by atoms with Gasteiger partial charge in [-0.15, -0.1) is 0 Å². The summed E-state index contributed by atoms with van der Waals surface area (Å²) in [4.78, 5) is 34.4. The predicted molar refractivity (Wildman–Crippen MR) is 96.3 cm³/mol. The van der Waals surface area contributed by atoms with Crippen molar-refractivity contribution in [2.45, 2.75) is 6.92 Å². The number of nitrogens with one attached hydrogen (secondary N) is 1. The van der Waals surface area contributed by atoms with Gasteiger partial charge in [-0.05, 0) is 36.8 Å². The van der Waals surface area contributed by atoms with E-state index >= 15 is 0 Å². The first kappa shape index (κ1) is 19.7. The molecule has 2 aromatic carbocycles. The van der Waals surface area contributed by atoms with E-state index in [1.165, 1.54) is 38.5 Å². The average molecular weight is 374 g/mol. The smallest absolute Gasteiger partial charge is 0.338 e. The number of hydrogen-bond acceptors (Lipinski definition) is 7. The third-order valence-electron chi connectivity index (χ3n) is 3.66. The Hall–Kier alpha value is -3.62. The summed E-state index contributed by atoms with van der Waals surface area (Å²) in [6, 6.07) is 8.87. The van der Waals surface area contributed by atoms with E-state index in [-0.39, 0.29) is 17.0 Å². The second kappa shape index (κ2) is 8.65. The topological polar surface area (TPSA) is 117 Å². The van der Waals surface area contributed by atoms with Crippen molar-refractivity contribution < 1.29 is 28.7 Å². The highest BCUT2D eigenvalue weighted by atomic mass is 16.6. The molecule has 0 saturated carbocycles. The molecular formula is C18H18N2O7. The van der Waals surface area contributed by atoms with Gasteiger partial charge in [-0.1, -0.05) is 0 Å². The largest absolute Gasteiger partial charge is 0.497 e. The van der Waals surface area contributed by atoms with Crippen LogP contribution in [-0.4, -0.2) is 37.6 Å². The third kappa shape index (κ3) is 4.94. The molecule has 0 aliphatic carbocycles. The molecule has 0 aliphatic heterocycles. The minimum atomic E-state index is -0.661. The summed E-state index contributed by atoms with van der Waals surface area (Å²) in [7, 11) is 2.80. The molecule has 0 aliphatic rings. The molecule has 142 valence electrons. The van der Waals surface area contributed by atoms with Gasteiger partial charge < -0.3 is 19.5 Å².